The third-order valence-corrected chi connectivity index (χ3v) is 8.05. The Kier molecular flexibility index (Phi) is 8.36. The number of ether oxygens (including phenoxy) is 2. The lowest BCUT2D eigenvalue weighted by atomic mass is 10.2. The summed E-state index contributed by atoms with van der Waals surface area (Å²) >= 11 is 9.85. The normalized spacial score (nSPS) is 15.3. The van der Waals surface area contributed by atoms with Crippen molar-refractivity contribution in [1.29, 1.82) is 0 Å². The van der Waals surface area contributed by atoms with E-state index in [9.17, 15) is 4.79 Å². The van der Waals surface area contributed by atoms with Crippen molar-refractivity contribution in [3.05, 3.63) is 58.6 Å². The Balaban J connectivity index is 1.60. The number of thioether (sulfide) groups is 2. The predicted octanol–water partition coefficient (Wildman–Crippen LogP) is 5.35. The Bertz CT molecular complexity index is 902. The van der Waals surface area contributed by atoms with Gasteiger partial charge in [-0.25, -0.2) is 5.43 Å². The van der Waals surface area contributed by atoms with Crippen LogP contribution in [0.3, 0.4) is 0 Å². The van der Waals surface area contributed by atoms with E-state index in [1.807, 2.05) is 72.9 Å². The fourth-order valence-electron chi connectivity index (χ4n) is 2.93. The first kappa shape index (κ1) is 22.8. The van der Waals surface area contributed by atoms with Crippen LogP contribution in [0.25, 0.3) is 0 Å². The van der Waals surface area contributed by atoms with Gasteiger partial charge in [-0.15, -0.1) is 23.5 Å². The molecule has 2 aromatic rings. The molecule has 160 valence electrons. The van der Waals surface area contributed by atoms with Gasteiger partial charge < -0.3 is 9.47 Å². The molecule has 2 aromatic carbocycles. The van der Waals surface area contributed by atoms with Crippen LogP contribution in [0.5, 0.6) is 11.5 Å². The SMILES string of the molecule is CCOc1cc(/C=N\NC(=O)CC2(C)SCCS2)ccc1OCc1ccccc1Cl. The van der Waals surface area contributed by atoms with Gasteiger partial charge in [0.2, 0.25) is 5.91 Å². The van der Waals surface area contributed by atoms with Crippen molar-refractivity contribution < 1.29 is 14.3 Å². The van der Waals surface area contributed by atoms with Gasteiger partial charge in [-0.1, -0.05) is 29.8 Å². The Morgan fingerprint density at radius 3 is 2.70 bits per heavy atom. The van der Waals surface area contributed by atoms with Crippen LogP contribution in [0.4, 0.5) is 0 Å². The Labute approximate surface area is 190 Å². The largest absolute Gasteiger partial charge is 0.490 e. The van der Waals surface area contributed by atoms with Crippen molar-refractivity contribution in [2.24, 2.45) is 5.10 Å². The lowest BCUT2D eigenvalue weighted by Crippen LogP contribution is -2.26. The number of hydrogen-bond donors (Lipinski definition) is 1. The second-order valence-corrected chi connectivity index (χ2v) is 10.7. The van der Waals surface area contributed by atoms with Crippen molar-refractivity contribution in [1.82, 2.24) is 5.43 Å². The number of nitrogens with one attached hydrogen (secondary N) is 1. The number of benzene rings is 2. The molecule has 5 nitrogen and oxygen atoms in total. The molecule has 0 spiro atoms. The van der Waals surface area contributed by atoms with Crippen molar-refractivity contribution in [2.75, 3.05) is 18.1 Å². The minimum absolute atomic E-state index is 0.0532. The number of amides is 1. The van der Waals surface area contributed by atoms with Gasteiger partial charge in [0.15, 0.2) is 11.5 Å². The van der Waals surface area contributed by atoms with Crippen molar-refractivity contribution in [2.45, 2.75) is 31.0 Å². The number of carbonyl (C=O) groups is 1. The maximum absolute atomic E-state index is 12.2. The summed E-state index contributed by atoms with van der Waals surface area (Å²) in [7, 11) is 0. The second-order valence-electron chi connectivity index (χ2n) is 6.82. The molecule has 0 bridgehead atoms. The average molecular weight is 465 g/mol. The molecule has 1 aliphatic heterocycles. The van der Waals surface area contributed by atoms with Crippen molar-refractivity contribution in [3.8, 4) is 11.5 Å². The van der Waals surface area contributed by atoms with E-state index >= 15 is 0 Å². The number of nitrogens with zero attached hydrogens (tertiary/aromatic N) is 1. The van der Waals surface area contributed by atoms with Gasteiger partial charge in [0.25, 0.3) is 0 Å². The van der Waals surface area contributed by atoms with Crippen LogP contribution in [-0.2, 0) is 11.4 Å². The molecule has 1 heterocycles. The van der Waals surface area contributed by atoms with Crippen LogP contribution >= 0.6 is 35.1 Å². The zero-order valence-electron chi connectivity index (χ0n) is 17.0. The Morgan fingerprint density at radius 1 is 1.20 bits per heavy atom. The Morgan fingerprint density at radius 2 is 1.97 bits per heavy atom. The highest BCUT2D eigenvalue weighted by atomic mass is 35.5. The van der Waals surface area contributed by atoms with Crippen molar-refractivity contribution >= 4 is 47.2 Å². The van der Waals surface area contributed by atoms with E-state index in [0.29, 0.717) is 36.2 Å². The predicted molar refractivity (Wildman–Crippen MR) is 127 cm³/mol. The molecule has 0 aliphatic carbocycles. The minimum atomic E-state index is -0.0830. The van der Waals surface area contributed by atoms with E-state index in [1.165, 1.54) is 0 Å². The molecule has 0 radical (unpaired) electrons. The quantitative estimate of drug-likeness (QED) is 0.400. The topological polar surface area (TPSA) is 59.9 Å². The molecule has 0 saturated carbocycles. The van der Waals surface area contributed by atoms with Gasteiger partial charge in [0, 0.05) is 22.1 Å². The number of hydrazone groups is 1. The second kappa shape index (κ2) is 11.0. The third-order valence-electron chi connectivity index (χ3n) is 4.39. The molecule has 1 aliphatic rings. The maximum atomic E-state index is 12.2. The standard InChI is InChI=1S/C22H25ClN2O3S2/c1-3-27-20-12-16(14-24-25-21(26)13-22(2)29-10-11-30-22)8-9-19(20)28-15-17-6-4-5-7-18(17)23/h4-9,12,14H,3,10-11,13,15H2,1-2H3,(H,25,26)/b24-14-. The fourth-order valence-corrected chi connectivity index (χ4v) is 5.95. The summed E-state index contributed by atoms with van der Waals surface area (Å²) in [5.74, 6) is 3.33. The number of hydrogen-bond acceptors (Lipinski definition) is 6. The van der Waals surface area contributed by atoms with E-state index in [1.54, 1.807) is 6.21 Å². The first-order chi connectivity index (χ1) is 14.5. The average Bonchev–Trinajstić information content (AvgIpc) is 3.14. The fraction of sp³-hybridized carbons (Fsp3) is 0.364. The summed E-state index contributed by atoms with van der Waals surface area (Å²) in [6.07, 6.45) is 2.05. The van der Waals surface area contributed by atoms with Crippen LogP contribution in [-0.4, -0.2) is 34.3 Å². The molecule has 0 atom stereocenters. The molecular formula is C22H25ClN2O3S2. The maximum Gasteiger partial charge on any atom is 0.242 e. The molecule has 0 aromatic heterocycles. The van der Waals surface area contributed by atoms with E-state index in [0.717, 1.165) is 22.6 Å². The monoisotopic (exact) mass is 464 g/mol. The van der Waals surface area contributed by atoms with Gasteiger partial charge >= 0.3 is 0 Å². The van der Waals surface area contributed by atoms with Gasteiger partial charge in [-0.3, -0.25) is 4.79 Å². The molecule has 1 amide bonds. The highest BCUT2D eigenvalue weighted by Crippen LogP contribution is 2.45. The van der Waals surface area contributed by atoms with E-state index in [-0.39, 0.29) is 9.99 Å². The van der Waals surface area contributed by atoms with E-state index in [2.05, 4.69) is 17.5 Å². The van der Waals surface area contributed by atoms with Gasteiger partial charge in [-0.2, -0.15) is 5.10 Å². The van der Waals surface area contributed by atoms with Crippen LogP contribution < -0.4 is 14.9 Å². The molecule has 8 heteroatoms. The van der Waals surface area contributed by atoms with Crippen LogP contribution in [0, 0.1) is 0 Å². The molecular weight excluding hydrogens is 440 g/mol. The first-order valence-electron chi connectivity index (χ1n) is 9.72. The van der Waals surface area contributed by atoms with Gasteiger partial charge in [-0.05, 0) is 43.7 Å². The molecule has 3 rings (SSSR count). The third kappa shape index (κ3) is 6.59. The summed E-state index contributed by atoms with van der Waals surface area (Å²) in [6, 6.07) is 13.1. The summed E-state index contributed by atoms with van der Waals surface area (Å²) in [5.41, 5.74) is 4.33. The smallest absolute Gasteiger partial charge is 0.242 e. The lowest BCUT2D eigenvalue weighted by molar-refractivity contribution is -0.121. The van der Waals surface area contributed by atoms with Crippen molar-refractivity contribution in [3.63, 3.8) is 0 Å². The van der Waals surface area contributed by atoms with E-state index in [4.69, 9.17) is 21.1 Å². The summed E-state index contributed by atoms with van der Waals surface area (Å²) < 4.78 is 11.6. The number of halogens is 1. The molecule has 1 N–H and O–H groups in total. The number of rotatable bonds is 9. The van der Waals surface area contributed by atoms with Crippen LogP contribution in [0.2, 0.25) is 5.02 Å². The highest BCUT2D eigenvalue weighted by Gasteiger charge is 2.32. The molecule has 1 fully saturated rings. The molecule has 0 unspecified atom stereocenters. The summed E-state index contributed by atoms with van der Waals surface area (Å²) in [4.78, 5) is 12.2. The van der Waals surface area contributed by atoms with Crippen LogP contribution in [0.15, 0.2) is 47.6 Å². The summed E-state index contributed by atoms with van der Waals surface area (Å²) in [6.45, 7) is 4.87. The lowest BCUT2D eigenvalue weighted by Gasteiger charge is -2.19. The Hall–Kier alpha value is -1.83. The molecule has 30 heavy (non-hydrogen) atoms. The zero-order valence-corrected chi connectivity index (χ0v) is 19.4. The zero-order chi connectivity index (χ0) is 21.4. The summed E-state index contributed by atoms with van der Waals surface area (Å²) in [5, 5.41) is 4.76. The number of carbonyl (C=O) groups excluding carboxylic acids is 1. The molecule has 1 saturated heterocycles. The van der Waals surface area contributed by atoms with Gasteiger partial charge in [0.05, 0.1) is 23.3 Å². The van der Waals surface area contributed by atoms with Gasteiger partial charge in [0.1, 0.15) is 6.61 Å². The van der Waals surface area contributed by atoms with Crippen LogP contribution in [0.1, 0.15) is 31.4 Å². The highest BCUT2D eigenvalue weighted by molar-refractivity contribution is 8.21. The van der Waals surface area contributed by atoms with E-state index < -0.39 is 0 Å². The minimum Gasteiger partial charge on any atom is -0.490 e. The first-order valence-corrected chi connectivity index (χ1v) is 12.1.